The van der Waals surface area contributed by atoms with E-state index >= 15 is 0 Å². The number of thioether (sulfide) groups is 1. The van der Waals surface area contributed by atoms with E-state index in [0.29, 0.717) is 11.7 Å². The maximum Gasteiger partial charge on any atom is 0.142 e. The predicted molar refractivity (Wildman–Crippen MR) is 69.8 cm³/mol. The van der Waals surface area contributed by atoms with Gasteiger partial charge in [0.1, 0.15) is 11.8 Å². The summed E-state index contributed by atoms with van der Waals surface area (Å²) in [7, 11) is 2.07. The maximum absolute atomic E-state index is 8.81. The Hall–Kier alpha value is -1.21. The Morgan fingerprint density at radius 1 is 1.62 bits per heavy atom. The second-order valence-corrected chi connectivity index (χ2v) is 4.55. The lowest BCUT2D eigenvalue weighted by Gasteiger charge is -2.28. The number of hydrogen-bond acceptors (Lipinski definition) is 4. The van der Waals surface area contributed by atoms with Gasteiger partial charge in [-0.1, -0.05) is 6.92 Å². The van der Waals surface area contributed by atoms with E-state index in [9.17, 15) is 0 Å². The van der Waals surface area contributed by atoms with E-state index < -0.39 is 0 Å². The SMILES string of the molecule is CCC(CSC)N(C)c1ccnc(C#N)c1. The predicted octanol–water partition coefficient (Wildman–Crippen LogP) is 2.53. The van der Waals surface area contributed by atoms with E-state index in [2.05, 4.69) is 36.2 Å². The van der Waals surface area contributed by atoms with Gasteiger partial charge in [-0.2, -0.15) is 17.0 Å². The van der Waals surface area contributed by atoms with Gasteiger partial charge in [-0.15, -0.1) is 0 Å². The van der Waals surface area contributed by atoms with Gasteiger partial charge in [0.25, 0.3) is 0 Å². The van der Waals surface area contributed by atoms with Crippen molar-refractivity contribution in [2.75, 3.05) is 24.0 Å². The molecule has 0 fully saturated rings. The molecule has 1 rings (SSSR count). The van der Waals surface area contributed by atoms with E-state index in [0.717, 1.165) is 17.9 Å². The van der Waals surface area contributed by atoms with E-state index in [-0.39, 0.29) is 0 Å². The molecule has 0 aliphatic carbocycles. The molecule has 0 saturated heterocycles. The van der Waals surface area contributed by atoms with Gasteiger partial charge in [0.2, 0.25) is 0 Å². The lowest BCUT2D eigenvalue weighted by Crippen LogP contribution is -2.33. The highest BCUT2D eigenvalue weighted by Crippen LogP contribution is 2.18. The minimum atomic E-state index is 0.475. The highest BCUT2D eigenvalue weighted by atomic mass is 32.2. The third kappa shape index (κ3) is 3.14. The lowest BCUT2D eigenvalue weighted by atomic mass is 10.2. The highest BCUT2D eigenvalue weighted by Gasteiger charge is 2.13. The molecule has 0 bridgehead atoms. The second-order valence-electron chi connectivity index (χ2n) is 3.64. The van der Waals surface area contributed by atoms with Crippen LogP contribution in [0.5, 0.6) is 0 Å². The summed E-state index contributed by atoms with van der Waals surface area (Å²) in [6.07, 6.45) is 4.90. The molecular formula is C12H17N3S. The molecule has 0 N–H and O–H groups in total. The molecule has 0 spiro atoms. The first-order valence-corrected chi connectivity index (χ1v) is 6.70. The van der Waals surface area contributed by atoms with Crippen LogP contribution in [0.2, 0.25) is 0 Å². The molecule has 0 amide bonds. The Labute approximate surface area is 101 Å². The summed E-state index contributed by atoms with van der Waals surface area (Å²) in [4.78, 5) is 6.20. The van der Waals surface area contributed by atoms with Crippen LogP contribution in [-0.4, -0.2) is 30.1 Å². The number of nitrogens with zero attached hydrogens (tertiary/aromatic N) is 3. The fourth-order valence-electron chi connectivity index (χ4n) is 1.61. The number of rotatable bonds is 5. The van der Waals surface area contributed by atoms with Crippen molar-refractivity contribution in [3.8, 4) is 6.07 Å². The molecule has 1 aromatic heterocycles. The van der Waals surface area contributed by atoms with E-state index in [1.807, 2.05) is 23.9 Å². The fraction of sp³-hybridized carbons (Fsp3) is 0.500. The fourth-order valence-corrected chi connectivity index (χ4v) is 2.45. The molecule has 86 valence electrons. The van der Waals surface area contributed by atoms with Crippen LogP contribution in [-0.2, 0) is 0 Å². The van der Waals surface area contributed by atoms with Crippen molar-refractivity contribution in [3.63, 3.8) is 0 Å². The van der Waals surface area contributed by atoms with Gasteiger partial charge in [0, 0.05) is 30.7 Å². The van der Waals surface area contributed by atoms with Crippen LogP contribution in [0.15, 0.2) is 18.3 Å². The van der Waals surface area contributed by atoms with Crippen LogP contribution in [0.25, 0.3) is 0 Å². The monoisotopic (exact) mass is 235 g/mol. The Kier molecular flexibility index (Phi) is 5.13. The van der Waals surface area contributed by atoms with E-state index in [4.69, 9.17) is 5.26 Å². The summed E-state index contributed by atoms with van der Waals surface area (Å²) in [5.41, 5.74) is 1.54. The van der Waals surface area contributed by atoms with Crippen molar-refractivity contribution in [2.45, 2.75) is 19.4 Å². The largest absolute Gasteiger partial charge is 0.371 e. The van der Waals surface area contributed by atoms with E-state index in [1.54, 1.807) is 6.20 Å². The van der Waals surface area contributed by atoms with Crippen LogP contribution >= 0.6 is 11.8 Å². The Bertz CT molecular complexity index is 373. The van der Waals surface area contributed by atoms with Crippen molar-refractivity contribution in [1.29, 1.82) is 5.26 Å². The van der Waals surface area contributed by atoms with Gasteiger partial charge in [-0.25, -0.2) is 4.98 Å². The number of aromatic nitrogens is 1. The summed E-state index contributed by atoms with van der Waals surface area (Å²) in [6.45, 7) is 2.18. The molecule has 1 unspecified atom stereocenters. The highest BCUT2D eigenvalue weighted by molar-refractivity contribution is 7.98. The summed E-state index contributed by atoms with van der Waals surface area (Å²) in [5.74, 6) is 1.09. The topological polar surface area (TPSA) is 39.9 Å². The molecule has 0 aliphatic heterocycles. The first kappa shape index (κ1) is 12.9. The standard InChI is InChI=1S/C12H17N3S/c1-4-11(9-16-3)15(2)12-5-6-14-10(7-12)8-13/h5-7,11H,4,9H2,1-3H3. The molecule has 0 aliphatic rings. The average Bonchev–Trinajstić information content (AvgIpc) is 2.35. The Balaban J connectivity index is 2.85. The molecular weight excluding hydrogens is 218 g/mol. The van der Waals surface area contributed by atoms with Crippen LogP contribution in [0.4, 0.5) is 5.69 Å². The second kappa shape index (κ2) is 6.39. The third-order valence-corrected chi connectivity index (χ3v) is 3.36. The Morgan fingerprint density at radius 3 is 2.94 bits per heavy atom. The van der Waals surface area contributed by atoms with Gasteiger partial charge in [-0.3, -0.25) is 0 Å². The van der Waals surface area contributed by atoms with Crippen LogP contribution in [0.1, 0.15) is 19.0 Å². The molecule has 0 radical (unpaired) electrons. The van der Waals surface area contributed by atoms with Gasteiger partial charge in [-0.05, 0) is 24.8 Å². The van der Waals surface area contributed by atoms with Crippen LogP contribution in [0, 0.1) is 11.3 Å². The van der Waals surface area contributed by atoms with Gasteiger partial charge >= 0.3 is 0 Å². The smallest absolute Gasteiger partial charge is 0.142 e. The van der Waals surface area contributed by atoms with Crippen LogP contribution in [0.3, 0.4) is 0 Å². The molecule has 16 heavy (non-hydrogen) atoms. The molecule has 1 aromatic rings. The van der Waals surface area contributed by atoms with Crippen molar-refractivity contribution < 1.29 is 0 Å². The molecule has 1 heterocycles. The normalized spacial score (nSPS) is 11.9. The van der Waals surface area contributed by atoms with Crippen molar-refractivity contribution in [1.82, 2.24) is 4.98 Å². The zero-order chi connectivity index (χ0) is 12.0. The number of anilines is 1. The van der Waals surface area contributed by atoms with Gasteiger partial charge in [0.05, 0.1) is 0 Å². The zero-order valence-electron chi connectivity index (χ0n) is 9.97. The van der Waals surface area contributed by atoms with Gasteiger partial charge in [0.15, 0.2) is 0 Å². The number of hydrogen-bond donors (Lipinski definition) is 0. The molecule has 1 atom stereocenters. The average molecular weight is 235 g/mol. The van der Waals surface area contributed by atoms with Gasteiger partial charge < -0.3 is 4.90 Å². The minimum absolute atomic E-state index is 0.475. The number of nitriles is 1. The van der Waals surface area contributed by atoms with E-state index in [1.165, 1.54) is 0 Å². The summed E-state index contributed by atoms with van der Waals surface area (Å²) in [6, 6.07) is 6.36. The molecule has 3 nitrogen and oxygen atoms in total. The third-order valence-electron chi connectivity index (χ3n) is 2.64. The minimum Gasteiger partial charge on any atom is -0.371 e. The molecule has 4 heteroatoms. The summed E-state index contributed by atoms with van der Waals surface area (Å²) < 4.78 is 0. The Morgan fingerprint density at radius 2 is 2.38 bits per heavy atom. The quantitative estimate of drug-likeness (QED) is 0.786. The maximum atomic E-state index is 8.81. The molecule has 0 aromatic carbocycles. The zero-order valence-corrected chi connectivity index (χ0v) is 10.8. The van der Waals surface area contributed by atoms with Crippen LogP contribution < -0.4 is 4.90 Å². The molecule has 0 saturated carbocycles. The summed E-state index contributed by atoms with van der Waals surface area (Å²) >= 11 is 1.84. The first-order valence-electron chi connectivity index (χ1n) is 5.30. The number of pyridine rings is 1. The van der Waals surface area contributed by atoms with Crippen molar-refractivity contribution in [3.05, 3.63) is 24.0 Å². The van der Waals surface area contributed by atoms with Crippen molar-refractivity contribution >= 4 is 17.4 Å². The first-order chi connectivity index (χ1) is 7.72. The lowest BCUT2D eigenvalue weighted by molar-refractivity contribution is 0.673. The summed E-state index contributed by atoms with van der Waals surface area (Å²) in [5, 5.41) is 8.81. The van der Waals surface area contributed by atoms with Crippen molar-refractivity contribution in [2.24, 2.45) is 0 Å².